The molecule has 39 heavy (non-hydrogen) atoms. The number of carbonyl (C=O) groups is 1. The maximum Gasteiger partial charge on any atom is 0.410 e. The smallest absolute Gasteiger partial charge is 0.410 e. The predicted molar refractivity (Wildman–Crippen MR) is 162 cm³/mol. The van der Waals surface area contributed by atoms with E-state index in [2.05, 4.69) is 62.8 Å². The lowest BCUT2D eigenvalue weighted by atomic mass is 10.2. The Hall–Kier alpha value is -1.58. The van der Waals surface area contributed by atoms with Crippen molar-refractivity contribution in [2.75, 3.05) is 36.0 Å². The molecule has 3 aliphatic heterocycles. The average Bonchev–Trinajstić information content (AvgIpc) is 3.35. The minimum Gasteiger partial charge on any atom is -0.444 e. The lowest BCUT2D eigenvalue weighted by Crippen LogP contribution is -2.54. The van der Waals surface area contributed by atoms with E-state index in [-0.39, 0.29) is 24.5 Å². The Balaban J connectivity index is 0.00000420. The predicted octanol–water partition coefficient (Wildman–Crippen LogP) is 5.91. The van der Waals surface area contributed by atoms with Gasteiger partial charge in [-0.05, 0) is 57.2 Å². The van der Waals surface area contributed by atoms with E-state index in [9.17, 15) is 4.79 Å². The third-order valence-corrected chi connectivity index (χ3v) is 15.0. The Bertz CT molecular complexity index is 994. The van der Waals surface area contributed by atoms with Gasteiger partial charge in [0.2, 0.25) is 18.0 Å². The number of amides is 1. The quantitative estimate of drug-likeness (QED) is 0.294. The SMILES string of the molecule is CCN1C[C@@H](CO[Si](C(C)C)(C(C)C)C(C)C)N(C(=O)OC(C)(C)C)Cc2c1nc[n+]1c2N2CCC[C@@H]2C1.Cl. The first kappa shape index (κ1) is 31.9. The molecule has 0 unspecified atom stereocenters. The summed E-state index contributed by atoms with van der Waals surface area (Å²) in [5.74, 6) is 2.24. The van der Waals surface area contributed by atoms with Crippen LogP contribution in [0.1, 0.15) is 87.6 Å². The van der Waals surface area contributed by atoms with E-state index >= 15 is 0 Å². The number of nitrogens with zero attached hydrogens (tertiary/aromatic N) is 5. The van der Waals surface area contributed by atoms with Crippen LogP contribution >= 0.6 is 12.4 Å². The number of ether oxygens (including phenoxy) is 1. The van der Waals surface area contributed by atoms with Crippen molar-refractivity contribution in [1.82, 2.24) is 9.88 Å². The molecule has 1 amide bonds. The molecule has 0 saturated carbocycles. The summed E-state index contributed by atoms with van der Waals surface area (Å²) in [7, 11) is -2.11. The summed E-state index contributed by atoms with van der Waals surface area (Å²) in [6.45, 7) is 26.5. The van der Waals surface area contributed by atoms with Crippen molar-refractivity contribution >= 4 is 38.5 Å². The molecular weight excluding hydrogens is 530 g/mol. The van der Waals surface area contributed by atoms with Gasteiger partial charge in [0.1, 0.15) is 23.8 Å². The molecule has 8 nitrogen and oxygen atoms in total. The summed E-state index contributed by atoms with van der Waals surface area (Å²) in [5.41, 5.74) is 2.02. The van der Waals surface area contributed by atoms with Gasteiger partial charge in [-0.2, -0.15) is 0 Å². The molecule has 1 aromatic rings. The van der Waals surface area contributed by atoms with E-state index in [4.69, 9.17) is 14.1 Å². The number of hydrogen-bond acceptors (Lipinski definition) is 6. The standard InChI is InChI=1S/C29H52N5O3Si.ClH/c1-11-31-16-24(18-36-38(20(2)3,21(4)5)22(6)7)34(28(35)37-29(8,9)10)17-25-26(31)30-19-32-15-23-13-12-14-33(23)27(25)32;/h19-24H,11-18H2,1-10H3;1H/q+1;/t23-,24+;/m1./s1. The van der Waals surface area contributed by atoms with Crippen molar-refractivity contribution in [3.63, 3.8) is 0 Å². The summed E-state index contributed by atoms with van der Waals surface area (Å²) in [6, 6.07) is 0.407. The van der Waals surface area contributed by atoms with Crippen molar-refractivity contribution in [2.24, 2.45) is 0 Å². The molecule has 2 atom stereocenters. The van der Waals surface area contributed by atoms with Crippen molar-refractivity contribution in [3.8, 4) is 0 Å². The van der Waals surface area contributed by atoms with E-state index in [0.717, 1.165) is 31.0 Å². The Morgan fingerprint density at radius 3 is 2.36 bits per heavy atom. The fourth-order valence-electron chi connectivity index (χ4n) is 7.38. The van der Waals surface area contributed by atoms with Crippen LogP contribution < -0.4 is 14.4 Å². The van der Waals surface area contributed by atoms with Crippen molar-refractivity contribution in [1.29, 1.82) is 0 Å². The fraction of sp³-hybridized carbons (Fsp3) is 0.828. The zero-order valence-corrected chi connectivity index (χ0v) is 27.8. The molecule has 1 fully saturated rings. The second kappa shape index (κ2) is 12.1. The van der Waals surface area contributed by atoms with Gasteiger partial charge in [-0.25, -0.2) is 9.36 Å². The molecule has 0 radical (unpaired) electrons. The van der Waals surface area contributed by atoms with Crippen LogP contribution in [0.15, 0.2) is 6.33 Å². The Morgan fingerprint density at radius 1 is 1.15 bits per heavy atom. The molecule has 1 aromatic heterocycles. The Morgan fingerprint density at radius 2 is 1.79 bits per heavy atom. The van der Waals surface area contributed by atoms with Crippen LogP contribution in [-0.2, 0) is 22.3 Å². The van der Waals surface area contributed by atoms with Gasteiger partial charge in [0.05, 0.1) is 25.7 Å². The van der Waals surface area contributed by atoms with Crippen LogP contribution in [0.5, 0.6) is 0 Å². The Kier molecular flexibility index (Phi) is 9.92. The summed E-state index contributed by atoms with van der Waals surface area (Å²) in [5, 5.41) is 0. The zero-order chi connectivity index (χ0) is 28.0. The minimum absolute atomic E-state index is 0. The second-order valence-corrected chi connectivity index (χ2v) is 18.9. The topological polar surface area (TPSA) is 62.0 Å². The first-order valence-electron chi connectivity index (χ1n) is 14.9. The van der Waals surface area contributed by atoms with Gasteiger partial charge in [-0.15, -0.1) is 12.4 Å². The number of halogens is 1. The molecular formula is C29H53ClN5O3Si+. The summed E-state index contributed by atoms with van der Waals surface area (Å²) in [4.78, 5) is 25.7. The van der Waals surface area contributed by atoms with Gasteiger partial charge in [-0.1, -0.05) is 46.5 Å². The van der Waals surface area contributed by atoms with Crippen LogP contribution in [0.25, 0.3) is 0 Å². The zero-order valence-electron chi connectivity index (χ0n) is 26.0. The third kappa shape index (κ3) is 6.05. The van der Waals surface area contributed by atoms with E-state index in [1.807, 2.05) is 32.0 Å². The summed E-state index contributed by atoms with van der Waals surface area (Å²) >= 11 is 0. The van der Waals surface area contributed by atoms with E-state index in [1.165, 1.54) is 18.7 Å². The highest BCUT2D eigenvalue weighted by atomic mass is 35.5. The molecule has 0 aliphatic carbocycles. The molecule has 0 aromatic carbocycles. The van der Waals surface area contributed by atoms with Crippen LogP contribution in [0.2, 0.25) is 16.6 Å². The van der Waals surface area contributed by atoms with Crippen molar-refractivity contribution in [3.05, 3.63) is 11.9 Å². The number of rotatable bonds is 7. The molecule has 3 aliphatic rings. The molecule has 1 saturated heterocycles. The second-order valence-electron chi connectivity index (χ2n) is 13.4. The number of likely N-dealkylation sites (N-methyl/N-ethyl adjacent to an activating group) is 1. The van der Waals surface area contributed by atoms with Crippen molar-refractivity contribution < 1.29 is 18.5 Å². The first-order valence-corrected chi connectivity index (χ1v) is 17.0. The molecule has 0 N–H and O–H groups in total. The van der Waals surface area contributed by atoms with Crippen LogP contribution in [-0.4, -0.2) is 68.2 Å². The normalized spacial score (nSPS) is 21.2. The number of hydrogen-bond donors (Lipinski definition) is 0. The lowest BCUT2D eigenvalue weighted by molar-refractivity contribution is -0.677. The molecule has 10 heteroatoms. The average molecular weight is 583 g/mol. The highest BCUT2D eigenvalue weighted by Gasteiger charge is 2.48. The maximum absolute atomic E-state index is 13.8. The maximum atomic E-state index is 13.8. The number of fused-ring (bicyclic) bond motifs is 5. The van der Waals surface area contributed by atoms with Gasteiger partial charge < -0.3 is 14.1 Å². The largest absolute Gasteiger partial charge is 0.444 e. The molecule has 0 spiro atoms. The number of aromatic nitrogens is 2. The molecule has 4 heterocycles. The minimum atomic E-state index is -2.11. The summed E-state index contributed by atoms with van der Waals surface area (Å²) < 4.78 is 15.4. The highest BCUT2D eigenvalue weighted by Crippen LogP contribution is 2.43. The van der Waals surface area contributed by atoms with E-state index in [1.54, 1.807) is 0 Å². The van der Waals surface area contributed by atoms with Gasteiger partial charge >= 0.3 is 6.09 Å². The van der Waals surface area contributed by atoms with Crippen LogP contribution in [0.4, 0.5) is 16.4 Å². The van der Waals surface area contributed by atoms with Crippen LogP contribution in [0.3, 0.4) is 0 Å². The van der Waals surface area contributed by atoms with Crippen LogP contribution in [0, 0.1) is 0 Å². The number of anilines is 2. The fourth-order valence-corrected chi connectivity index (χ4v) is 12.9. The first-order chi connectivity index (χ1) is 17.8. The number of carbonyl (C=O) groups excluding carboxylic acids is 1. The molecule has 0 bridgehead atoms. The Labute approximate surface area is 244 Å². The van der Waals surface area contributed by atoms with Gasteiger partial charge in [0.25, 0.3) is 0 Å². The molecule has 222 valence electrons. The third-order valence-electron chi connectivity index (χ3n) is 8.93. The lowest BCUT2D eigenvalue weighted by Gasteiger charge is -2.44. The van der Waals surface area contributed by atoms with Gasteiger partial charge in [0.15, 0.2) is 8.32 Å². The van der Waals surface area contributed by atoms with Gasteiger partial charge in [0, 0.05) is 13.1 Å². The van der Waals surface area contributed by atoms with E-state index in [0.29, 0.717) is 42.4 Å². The van der Waals surface area contributed by atoms with Crippen molar-refractivity contribution in [2.45, 2.75) is 129 Å². The highest BCUT2D eigenvalue weighted by molar-refractivity contribution is 6.77. The van der Waals surface area contributed by atoms with E-state index < -0.39 is 13.9 Å². The van der Waals surface area contributed by atoms with Gasteiger partial charge in [-0.3, -0.25) is 9.80 Å². The summed E-state index contributed by atoms with van der Waals surface area (Å²) in [6.07, 6.45) is 4.18. The molecule has 4 rings (SSSR count). The monoisotopic (exact) mass is 582 g/mol.